The number of hydrogen-bond acceptors (Lipinski definition) is 6. The highest BCUT2D eigenvalue weighted by Gasteiger charge is 2.20. The molecule has 5 rings (SSSR count). The van der Waals surface area contributed by atoms with Crippen LogP contribution in [0.3, 0.4) is 0 Å². The Kier molecular flexibility index (Phi) is 6.22. The highest BCUT2D eigenvalue weighted by Crippen LogP contribution is 2.35. The minimum Gasteiger partial charge on any atom is -0.495 e. The Balaban J connectivity index is 1.65. The standard InChI is InChI=1S/C26H19ClFN3O5S/c1-15-11-17(27)4-6-19(15)20-13-24(35-2)23(14-21(20)28)31-22-7-5-18(12-16(22)3-8-26(31)32)37(33,34)30-25-9-10-36-29-25/h3-14H,1-2H3,(H,29,30). The molecule has 11 heteroatoms. The van der Waals surface area contributed by atoms with Crippen LogP contribution in [0.15, 0.2) is 87.2 Å². The van der Waals surface area contributed by atoms with Gasteiger partial charge in [0.05, 0.1) is 23.2 Å². The number of ether oxygens (including phenoxy) is 1. The first-order valence-corrected chi connectivity index (χ1v) is 12.8. The predicted molar refractivity (Wildman–Crippen MR) is 139 cm³/mol. The molecule has 5 aromatic rings. The van der Waals surface area contributed by atoms with Gasteiger partial charge in [0.2, 0.25) is 0 Å². The zero-order valence-electron chi connectivity index (χ0n) is 19.5. The van der Waals surface area contributed by atoms with Gasteiger partial charge in [-0.05, 0) is 60.5 Å². The van der Waals surface area contributed by atoms with E-state index in [2.05, 4.69) is 14.4 Å². The Morgan fingerprint density at radius 3 is 2.54 bits per heavy atom. The van der Waals surface area contributed by atoms with Crippen LogP contribution in [0.5, 0.6) is 5.75 Å². The number of nitrogens with zero attached hydrogens (tertiary/aromatic N) is 2. The maximum atomic E-state index is 15.4. The number of nitrogens with one attached hydrogen (secondary N) is 1. The van der Waals surface area contributed by atoms with Crippen LogP contribution in [0, 0.1) is 12.7 Å². The number of sulfonamides is 1. The van der Waals surface area contributed by atoms with E-state index in [1.165, 1.54) is 66.5 Å². The zero-order valence-corrected chi connectivity index (χ0v) is 21.1. The van der Waals surface area contributed by atoms with E-state index in [1.54, 1.807) is 18.2 Å². The van der Waals surface area contributed by atoms with Gasteiger partial charge in [-0.3, -0.25) is 14.1 Å². The van der Waals surface area contributed by atoms with Crippen molar-refractivity contribution in [2.24, 2.45) is 0 Å². The first-order valence-electron chi connectivity index (χ1n) is 10.9. The molecule has 0 spiro atoms. The summed E-state index contributed by atoms with van der Waals surface area (Å²) >= 11 is 6.05. The predicted octanol–water partition coefficient (Wildman–Crippen LogP) is 5.56. The first kappa shape index (κ1) is 24.5. The molecule has 0 unspecified atom stereocenters. The molecule has 188 valence electrons. The summed E-state index contributed by atoms with van der Waals surface area (Å²) in [7, 11) is -2.56. The highest BCUT2D eigenvalue weighted by atomic mass is 35.5. The third-order valence-electron chi connectivity index (χ3n) is 5.84. The number of aryl methyl sites for hydroxylation is 1. The Morgan fingerprint density at radius 1 is 1.03 bits per heavy atom. The lowest BCUT2D eigenvalue weighted by atomic mass is 9.99. The van der Waals surface area contributed by atoms with Gasteiger partial charge in [0, 0.05) is 34.2 Å². The Labute approximate surface area is 215 Å². The maximum Gasteiger partial charge on any atom is 0.263 e. The van der Waals surface area contributed by atoms with E-state index in [9.17, 15) is 13.2 Å². The summed E-state index contributed by atoms with van der Waals surface area (Å²) in [6.07, 6.45) is 1.24. The number of aromatic nitrogens is 2. The van der Waals surface area contributed by atoms with Gasteiger partial charge < -0.3 is 9.26 Å². The molecular weight excluding hydrogens is 521 g/mol. The van der Waals surface area contributed by atoms with E-state index in [0.29, 0.717) is 21.5 Å². The van der Waals surface area contributed by atoms with Crippen molar-refractivity contribution in [1.29, 1.82) is 0 Å². The van der Waals surface area contributed by atoms with Gasteiger partial charge in [0.1, 0.15) is 17.8 Å². The molecule has 3 aromatic carbocycles. The van der Waals surface area contributed by atoms with E-state index < -0.39 is 21.4 Å². The summed E-state index contributed by atoms with van der Waals surface area (Å²) in [5.41, 5.74) is 1.78. The van der Waals surface area contributed by atoms with E-state index in [0.717, 1.165) is 5.56 Å². The SMILES string of the molecule is COc1cc(-c2ccc(Cl)cc2C)c(F)cc1-n1c(=O)ccc2cc(S(=O)(=O)Nc3ccon3)ccc21. The fourth-order valence-corrected chi connectivity index (χ4v) is 5.37. The van der Waals surface area contributed by atoms with Crippen molar-refractivity contribution in [3.63, 3.8) is 0 Å². The van der Waals surface area contributed by atoms with Crippen LogP contribution in [0.1, 0.15) is 5.56 Å². The van der Waals surface area contributed by atoms with Gasteiger partial charge in [-0.15, -0.1) is 0 Å². The second-order valence-electron chi connectivity index (χ2n) is 8.18. The van der Waals surface area contributed by atoms with Crippen molar-refractivity contribution in [1.82, 2.24) is 9.72 Å². The molecule has 0 aliphatic carbocycles. The smallest absolute Gasteiger partial charge is 0.263 e. The lowest BCUT2D eigenvalue weighted by Crippen LogP contribution is -2.19. The average Bonchev–Trinajstić information content (AvgIpc) is 3.36. The lowest BCUT2D eigenvalue weighted by molar-refractivity contribution is 0.412. The number of rotatable bonds is 6. The molecule has 0 atom stereocenters. The maximum absolute atomic E-state index is 15.4. The summed E-state index contributed by atoms with van der Waals surface area (Å²) in [4.78, 5) is 12.9. The van der Waals surface area contributed by atoms with Gasteiger partial charge in [-0.25, -0.2) is 12.8 Å². The van der Waals surface area contributed by atoms with E-state index in [1.807, 2.05) is 6.92 Å². The molecule has 0 aliphatic rings. The van der Waals surface area contributed by atoms with Crippen molar-refractivity contribution in [2.75, 3.05) is 11.8 Å². The summed E-state index contributed by atoms with van der Waals surface area (Å²) in [6, 6.07) is 16.2. The van der Waals surface area contributed by atoms with Gasteiger partial charge in [0.15, 0.2) is 5.82 Å². The molecule has 0 amide bonds. The minimum atomic E-state index is -3.98. The van der Waals surface area contributed by atoms with Crippen LogP contribution in [-0.2, 0) is 10.0 Å². The number of halogens is 2. The summed E-state index contributed by atoms with van der Waals surface area (Å²) in [6.45, 7) is 1.82. The average molecular weight is 540 g/mol. The van der Waals surface area contributed by atoms with Crippen LogP contribution in [0.2, 0.25) is 5.02 Å². The summed E-state index contributed by atoms with van der Waals surface area (Å²) in [5, 5.41) is 4.52. The third kappa shape index (κ3) is 4.56. The van der Waals surface area contributed by atoms with Gasteiger partial charge in [0.25, 0.3) is 15.6 Å². The second kappa shape index (κ2) is 9.38. The number of anilines is 1. The quantitative estimate of drug-likeness (QED) is 0.303. The van der Waals surface area contributed by atoms with Gasteiger partial charge in [-0.2, -0.15) is 0 Å². The molecule has 0 fully saturated rings. The van der Waals surface area contributed by atoms with Crippen LogP contribution >= 0.6 is 11.6 Å². The van der Waals surface area contributed by atoms with Gasteiger partial charge >= 0.3 is 0 Å². The van der Waals surface area contributed by atoms with E-state index in [4.69, 9.17) is 16.3 Å². The normalized spacial score (nSPS) is 11.6. The topological polar surface area (TPSA) is 103 Å². The molecule has 1 N–H and O–H groups in total. The summed E-state index contributed by atoms with van der Waals surface area (Å²) in [5.74, 6) is -0.285. The molecule has 37 heavy (non-hydrogen) atoms. The Morgan fingerprint density at radius 2 is 1.84 bits per heavy atom. The monoisotopic (exact) mass is 539 g/mol. The minimum absolute atomic E-state index is 0.0290. The second-order valence-corrected chi connectivity index (χ2v) is 10.3. The molecule has 0 radical (unpaired) electrons. The summed E-state index contributed by atoms with van der Waals surface area (Å²) < 4.78 is 54.8. The molecular formula is C26H19ClFN3O5S. The van der Waals surface area contributed by atoms with Crippen molar-refractivity contribution in [3.8, 4) is 22.6 Å². The van der Waals surface area contributed by atoms with E-state index >= 15 is 4.39 Å². The van der Waals surface area contributed by atoms with Crippen LogP contribution in [0.4, 0.5) is 10.2 Å². The lowest BCUT2D eigenvalue weighted by Gasteiger charge is -2.17. The van der Waals surface area contributed by atoms with Crippen molar-refractivity contribution in [2.45, 2.75) is 11.8 Å². The van der Waals surface area contributed by atoms with E-state index in [-0.39, 0.29) is 27.7 Å². The van der Waals surface area contributed by atoms with Crippen molar-refractivity contribution in [3.05, 3.63) is 99.8 Å². The largest absolute Gasteiger partial charge is 0.495 e. The molecule has 2 heterocycles. The number of benzene rings is 3. The number of hydrogen-bond donors (Lipinski definition) is 1. The van der Waals surface area contributed by atoms with Crippen LogP contribution in [-0.4, -0.2) is 25.3 Å². The molecule has 0 aliphatic heterocycles. The zero-order chi connectivity index (χ0) is 26.3. The van der Waals surface area contributed by atoms with Gasteiger partial charge in [-0.1, -0.05) is 22.8 Å². The number of pyridine rings is 1. The highest BCUT2D eigenvalue weighted by molar-refractivity contribution is 7.92. The third-order valence-corrected chi connectivity index (χ3v) is 7.43. The molecule has 0 saturated carbocycles. The van der Waals surface area contributed by atoms with Crippen LogP contribution in [0.25, 0.3) is 27.7 Å². The Bertz CT molecular complexity index is 1820. The fraction of sp³-hybridized carbons (Fsp3) is 0.0769. The molecule has 0 saturated heterocycles. The molecule has 8 nitrogen and oxygen atoms in total. The van der Waals surface area contributed by atoms with Crippen molar-refractivity contribution < 1.29 is 22.1 Å². The number of methoxy groups -OCH3 is 1. The Hall–Kier alpha value is -4.15. The number of fused-ring (bicyclic) bond motifs is 1. The van der Waals surface area contributed by atoms with Crippen LogP contribution < -0.4 is 15.0 Å². The van der Waals surface area contributed by atoms with Crippen molar-refractivity contribution >= 4 is 38.3 Å². The fourth-order valence-electron chi connectivity index (χ4n) is 4.12. The molecule has 0 bridgehead atoms. The molecule has 2 aromatic heterocycles. The first-order chi connectivity index (χ1) is 17.7.